The summed E-state index contributed by atoms with van der Waals surface area (Å²) < 4.78 is 15.9. The summed E-state index contributed by atoms with van der Waals surface area (Å²) in [6, 6.07) is 9.16. The molecule has 0 N–H and O–H groups in total. The SMILES string of the molecule is CCOC(=O)/C=C1/OCN(C(=O)OCc2ccccc2)[C@H]1CC(C)C. The third-order valence-electron chi connectivity index (χ3n) is 3.76. The van der Waals surface area contributed by atoms with Gasteiger partial charge in [0.2, 0.25) is 0 Å². The largest absolute Gasteiger partial charge is 0.475 e. The predicted octanol–water partition coefficient (Wildman–Crippen LogP) is 3.47. The van der Waals surface area contributed by atoms with Gasteiger partial charge in [-0.15, -0.1) is 0 Å². The Morgan fingerprint density at radius 3 is 2.64 bits per heavy atom. The number of carbonyl (C=O) groups is 2. The molecule has 1 atom stereocenters. The molecule has 25 heavy (non-hydrogen) atoms. The number of carbonyl (C=O) groups excluding carboxylic acids is 2. The summed E-state index contributed by atoms with van der Waals surface area (Å²) in [4.78, 5) is 25.7. The normalized spacial score (nSPS) is 18.3. The lowest BCUT2D eigenvalue weighted by atomic mass is 10.0. The van der Waals surface area contributed by atoms with E-state index in [0.717, 1.165) is 5.56 Å². The zero-order chi connectivity index (χ0) is 18.2. The quantitative estimate of drug-likeness (QED) is 0.582. The summed E-state index contributed by atoms with van der Waals surface area (Å²) >= 11 is 0. The minimum atomic E-state index is -0.467. The Kier molecular flexibility index (Phi) is 6.86. The highest BCUT2D eigenvalue weighted by Crippen LogP contribution is 2.27. The van der Waals surface area contributed by atoms with Gasteiger partial charge in [-0.25, -0.2) is 9.59 Å². The molecule has 0 saturated carbocycles. The Bertz CT molecular complexity index is 612. The summed E-state index contributed by atoms with van der Waals surface area (Å²) in [7, 11) is 0. The molecule has 0 radical (unpaired) electrons. The van der Waals surface area contributed by atoms with Gasteiger partial charge in [0.1, 0.15) is 12.4 Å². The van der Waals surface area contributed by atoms with Gasteiger partial charge in [0.25, 0.3) is 0 Å². The first-order valence-electron chi connectivity index (χ1n) is 8.49. The standard InChI is InChI=1S/C19H25NO5/c1-4-23-18(21)11-17-16(10-14(2)3)20(13-25-17)19(22)24-12-15-8-6-5-7-9-15/h5-9,11,14,16H,4,10,12-13H2,1-3H3/b17-11+/t16-/m0/s1. The van der Waals surface area contributed by atoms with Gasteiger partial charge in [-0.1, -0.05) is 44.2 Å². The topological polar surface area (TPSA) is 65.1 Å². The van der Waals surface area contributed by atoms with E-state index in [4.69, 9.17) is 14.2 Å². The van der Waals surface area contributed by atoms with E-state index in [2.05, 4.69) is 0 Å². The van der Waals surface area contributed by atoms with Gasteiger partial charge in [-0.3, -0.25) is 4.90 Å². The van der Waals surface area contributed by atoms with Crippen LogP contribution in [-0.4, -0.2) is 36.3 Å². The summed E-state index contributed by atoms with van der Waals surface area (Å²) in [6.07, 6.45) is 1.54. The molecule has 1 aromatic carbocycles. The van der Waals surface area contributed by atoms with Gasteiger partial charge < -0.3 is 14.2 Å². The fourth-order valence-electron chi connectivity index (χ4n) is 2.59. The number of hydrogen-bond donors (Lipinski definition) is 0. The monoisotopic (exact) mass is 347 g/mol. The van der Waals surface area contributed by atoms with Crippen molar-refractivity contribution in [1.29, 1.82) is 0 Å². The fourth-order valence-corrected chi connectivity index (χ4v) is 2.59. The smallest absolute Gasteiger partial charge is 0.413 e. The van der Waals surface area contributed by atoms with E-state index in [1.807, 2.05) is 44.2 Å². The van der Waals surface area contributed by atoms with Crippen LogP contribution in [0.4, 0.5) is 4.79 Å². The Morgan fingerprint density at radius 2 is 2.00 bits per heavy atom. The van der Waals surface area contributed by atoms with E-state index in [9.17, 15) is 9.59 Å². The number of esters is 1. The van der Waals surface area contributed by atoms with Crippen LogP contribution < -0.4 is 0 Å². The minimum absolute atomic E-state index is 0.0657. The van der Waals surface area contributed by atoms with E-state index in [1.165, 1.54) is 11.0 Å². The fraction of sp³-hybridized carbons (Fsp3) is 0.474. The molecule has 0 bridgehead atoms. The minimum Gasteiger partial charge on any atom is -0.475 e. The Balaban J connectivity index is 2.04. The number of nitrogens with zero attached hydrogens (tertiary/aromatic N) is 1. The van der Waals surface area contributed by atoms with Gasteiger partial charge >= 0.3 is 12.1 Å². The molecule has 0 spiro atoms. The second-order valence-electron chi connectivity index (χ2n) is 6.23. The van der Waals surface area contributed by atoms with Gasteiger partial charge in [-0.2, -0.15) is 0 Å². The summed E-state index contributed by atoms with van der Waals surface area (Å²) in [5, 5.41) is 0. The summed E-state index contributed by atoms with van der Waals surface area (Å²) in [5.74, 6) is 0.302. The molecular formula is C19H25NO5. The molecule has 1 aromatic rings. The zero-order valence-electron chi connectivity index (χ0n) is 14.9. The molecule has 6 nitrogen and oxygen atoms in total. The summed E-state index contributed by atoms with van der Waals surface area (Å²) in [5.41, 5.74) is 0.915. The maximum Gasteiger partial charge on any atom is 0.413 e. The van der Waals surface area contributed by atoms with Crippen molar-refractivity contribution >= 4 is 12.1 Å². The first-order valence-corrected chi connectivity index (χ1v) is 8.49. The van der Waals surface area contributed by atoms with E-state index >= 15 is 0 Å². The molecule has 0 aromatic heterocycles. The Hall–Kier alpha value is -2.50. The second kappa shape index (κ2) is 9.11. The summed E-state index contributed by atoms with van der Waals surface area (Å²) in [6.45, 7) is 6.39. The zero-order valence-corrected chi connectivity index (χ0v) is 14.9. The first-order chi connectivity index (χ1) is 12.0. The van der Waals surface area contributed by atoms with Crippen LogP contribution in [0, 0.1) is 5.92 Å². The van der Waals surface area contributed by atoms with Gasteiger partial charge in [0.05, 0.1) is 18.7 Å². The van der Waals surface area contributed by atoms with Crippen molar-refractivity contribution in [3.05, 3.63) is 47.7 Å². The van der Waals surface area contributed by atoms with Crippen molar-refractivity contribution < 1.29 is 23.8 Å². The molecule has 1 saturated heterocycles. The molecule has 6 heteroatoms. The van der Waals surface area contributed by atoms with Crippen molar-refractivity contribution in [2.75, 3.05) is 13.3 Å². The van der Waals surface area contributed by atoms with Gasteiger partial charge in [0.15, 0.2) is 6.73 Å². The number of rotatable bonds is 6. The lowest BCUT2D eigenvalue weighted by molar-refractivity contribution is -0.137. The second-order valence-corrected chi connectivity index (χ2v) is 6.23. The van der Waals surface area contributed by atoms with E-state index in [0.29, 0.717) is 24.7 Å². The molecule has 1 aliphatic rings. The van der Waals surface area contributed by atoms with Crippen LogP contribution in [-0.2, 0) is 25.6 Å². The van der Waals surface area contributed by atoms with Crippen LogP contribution in [0.15, 0.2) is 42.2 Å². The lowest BCUT2D eigenvalue weighted by Gasteiger charge is -2.22. The molecular weight excluding hydrogens is 322 g/mol. The number of hydrogen-bond acceptors (Lipinski definition) is 5. The molecule has 0 aliphatic carbocycles. The molecule has 1 fully saturated rings. The van der Waals surface area contributed by atoms with Crippen molar-refractivity contribution in [3.8, 4) is 0 Å². The molecule has 1 aliphatic heterocycles. The maximum absolute atomic E-state index is 12.4. The molecule has 0 unspecified atom stereocenters. The average molecular weight is 347 g/mol. The van der Waals surface area contributed by atoms with Crippen molar-refractivity contribution in [1.82, 2.24) is 4.90 Å². The van der Waals surface area contributed by atoms with Crippen molar-refractivity contribution in [3.63, 3.8) is 0 Å². The van der Waals surface area contributed by atoms with Gasteiger partial charge in [0, 0.05) is 0 Å². The van der Waals surface area contributed by atoms with Crippen LogP contribution in [0.3, 0.4) is 0 Å². The van der Waals surface area contributed by atoms with Crippen LogP contribution in [0.1, 0.15) is 32.8 Å². The number of benzene rings is 1. The molecule has 136 valence electrons. The number of ether oxygens (including phenoxy) is 3. The highest BCUT2D eigenvalue weighted by Gasteiger charge is 2.36. The molecule has 2 rings (SSSR count). The lowest BCUT2D eigenvalue weighted by Crippen LogP contribution is -2.37. The van der Waals surface area contributed by atoms with Crippen molar-refractivity contribution in [2.45, 2.75) is 39.8 Å². The van der Waals surface area contributed by atoms with Crippen molar-refractivity contribution in [2.24, 2.45) is 5.92 Å². The highest BCUT2D eigenvalue weighted by atomic mass is 16.6. The number of amides is 1. The average Bonchev–Trinajstić information content (AvgIpc) is 2.95. The van der Waals surface area contributed by atoms with E-state index < -0.39 is 12.1 Å². The molecule has 1 amide bonds. The van der Waals surface area contributed by atoms with Crippen LogP contribution in [0.2, 0.25) is 0 Å². The van der Waals surface area contributed by atoms with Crippen LogP contribution in [0.25, 0.3) is 0 Å². The van der Waals surface area contributed by atoms with Gasteiger partial charge in [-0.05, 0) is 24.8 Å². The Morgan fingerprint density at radius 1 is 1.28 bits per heavy atom. The highest BCUT2D eigenvalue weighted by molar-refractivity contribution is 5.83. The molecule has 1 heterocycles. The Labute approximate surface area is 148 Å². The third kappa shape index (κ3) is 5.52. The van der Waals surface area contributed by atoms with Crippen LogP contribution >= 0.6 is 0 Å². The third-order valence-corrected chi connectivity index (χ3v) is 3.76. The predicted molar refractivity (Wildman–Crippen MR) is 92.4 cm³/mol. The van der Waals surface area contributed by atoms with E-state index in [-0.39, 0.29) is 19.4 Å². The van der Waals surface area contributed by atoms with Crippen LogP contribution in [0.5, 0.6) is 0 Å². The maximum atomic E-state index is 12.4. The first kappa shape index (κ1) is 18.8. The van der Waals surface area contributed by atoms with E-state index in [1.54, 1.807) is 6.92 Å².